The SMILES string of the molecule is COC(=O)c1cccc(CC2OCCCO2)c1[N+](=O)[O-]. The largest absolute Gasteiger partial charge is 0.465 e. The Labute approximate surface area is 115 Å². The molecule has 1 aliphatic heterocycles. The smallest absolute Gasteiger partial charge is 0.344 e. The molecule has 20 heavy (non-hydrogen) atoms. The number of nitro groups is 1. The molecule has 1 fully saturated rings. The van der Waals surface area contributed by atoms with Crippen molar-refractivity contribution in [2.24, 2.45) is 0 Å². The number of para-hydroxylation sites is 1. The molecule has 108 valence electrons. The fraction of sp³-hybridized carbons (Fsp3) is 0.462. The summed E-state index contributed by atoms with van der Waals surface area (Å²) in [5.41, 5.74) is 0.0766. The van der Waals surface area contributed by atoms with Gasteiger partial charge in [0.1, 0.15) is 5.56 Å². The first-order valence-corrected chi connectivity index (χ1v) is 6.21. The molecule has 0 saturated carbocycles. The summed E-state index contributed by atoms with van der Waals surface area (Å²) in [6.45, 7) is 1.13. The van der Waals surface area contributed by atoms with Gasteiger partial charge in [-0.05, 0) is 12.5 Å². The molecule has 1 aliphatic rings. The van der Waals surface area contributed by atoms with Crippen LogP contribution in [0, 0.1) is 10.1 Å². The zero-order valence-electron chi connectivity index (χ0n) is 11.0. The Bertz CT molecular complexity index is 510. The average molecular weight is 281 g/mol. The van der Waals surface area contributed by atoms with Gasteiger partial charge in [-0.2, -0.15) is 0 Å². The molecule has 7 heteroatoms. The van der Waals surface area contributed by atoms with Crippen LogP contribution in [-0.4, -0.2) is 37.5 Å². The second-order valence-corrected chi connectivity index (χ2v) is 4.29. The van der Waals surface area contributed by atoms with E-state index in [0.717, 1.165) is 6.42 Å². The van der Waals surface area contributed by atoms with Gasteiger partial charge in [-0.1, -0.05) is 12.1 Å². The summed E-state index contributed by atoms with van der Waals surface area (Å²) < 4.78 is 15.3. The van der Waals surface area contributed by atoms with Gasteiger partial charge in [-0.25, -0.2) is 4.79 Å². The van der Waals surface area contributed by atoms with E-state index in [4.69, 9.17) is 9.47 Å². The van der Waals surface area contributed by atoms with E-state index < -0.39 is 17.2 Å². The van der Waals surface area contributed by atoms with Crippen LogP contribution in [0.1, 0.15) is 22.3 Å². The quantitative estimate of drug-likeness (QED) is 0.474. The summed E-state index contributed by atoms with van der Waals surface area (Å²) in [5.74, 6) is -0.732. The van der Waals surface area contributed by atoms with Crippen LogP contribution in [-0.2, 0) is 20.6 Å². The number of nitrogens with zero attached hydrogens (tertiary/aromatic N) is 1. The summed E-state index contributed by atoms with van der Waals surface area (Å²) in [5, 5.41) is 11.2. The van der Waals surface area contributed by atoms with Crippen molar-refractivity contribution in [1.82, 2.24) is 0 Å². The Morgan fingerprint density at radius 3 is 2.75 bits per heavy atom. The number of carbonyl (C=O) groups is 1. The molecule has 0 unspecified atom stereocenters. The van der Waals surface area contributed by atoms with Crippen LogP contribution in [0.5, 0.6) is 0 Å². The lowest BCUT2D eigenvalue weighted by Crippen LogP contribution is -2.27. The highest BCUT2D eigenvalue weighted by Gasteiger charge is 2.27. The molecule has 0 N–H and O–H groups in total. The van der Waals surface area contributed by atoms with Gasteiger partial charge >= 0.3 is 5.97 Å². The first kappa shape index (κ1) is 14.4. The molecular formula is C13H15NO6. The summed E-state index contributed by atoms with van der Waals surface area (Å²) in [6.07, 6.45) is 0.512. The highest BCUT2D eigenvalue weighted by Crippen LogP contribution is 2.27. The molecule has 0 amide bonds. The molecule has 1 saturated heterocycles. The minimum absolute atomic E-state index is 0.0641. The standard InChI is InChI=1S/C13H15NO6/c1-18-13(15)10-5-2-4-9(12(10)14(16)17)8-11-19-6-3-7-20-11/h2,4-5,11H,3,6-8H2,1H3. The number of esters is 1. The Morgan fingerprint density at radius 1 is 1.45 bits per heavy atom. The fourth-order valence-corrected chi connectivity index (χ4v) is 2.08. The summed E-state index contributed by atoms with van der Waals surface area (Å²) >= 11 is 0. The molecule has 0 radical (unpaired) electrons. The highest BCUT2D eigenvalue weighted by atomic mass is 16.7. The molecule has 1 aromatic rings. The predicted octanol–water partition coefficient (Wildman–Crippen LogP) is 1.69. The minimum Gasteiger partial charge on any atom is -0.465 e. The van der Waals surface area contributed by atoms with Crippen LogP contribution in [0.3, 0.4) is 0 Å². The van der Waals surface area contributed by atoms with Crippen molar-refractivity contribution in [2.45, 2.75) is 19.1 Å². The van der Waals surface area contributed by atoms with E-state index in [9.17, 15) is 14.9 Å². The van der Waals surface area contributed by atoms with Crippen molar-refractivity contribution < 1.29 is 23.9 Å². The Kier molecular flexibility index (Phi) is 4.65. The van der Waals surface area contributed by atoms with Crippen molar-refractivity contribution in [1.29, 1.82) is 0 Å². The van der Waals surface area contributed by atoms with Gasteiger partial charge in [0.2, 0.25) is 0 Å². The molecule has 0 aliphatic carbocycles. The first-order valence-electron chi connectivity index (χ1n) is 6.21. The fourth-order valence-electron chi connectivity index (χ4n) is 2.08. The van der Waals surface area contributed by atoms with E-state index >= 15 is 0 Å². The Balaban J connectivity index is 2.31. The number of benzene rings is 1. The summed E-state index contributed by atoms with van der Waals surface area (Å²) in [4.78, 5) is 22.2. The maximum atomic E-state index is 11.6. The van der Waals surface area contributed by atoms with Crippen LogP contribution >= 0.6 is 0 Å². The molecule has 0 atom stereocenters. The molecule has 1 heterocycles. The van der Waals surface area contributed by atoms with Gasteiger partial charge in [0.25, 0.3) is 5.69 Å². The van der Waals surface area contributed by atoms with Gasteiger partial charge in [0.15, 0.2) is 6.29 Å². The zero-order chi connectivity index (χ0) is 14.5. The topological polar surface area (TPSA) is 87.9 Å². The van der Waals surface area contributed by atoms with Gasteiger partial charge in [0.05, 0.1) is 25.2 Å². The molecule has 0 bridgehead atoms. The van der Waals surface area contributed by atoms with Crippen LogP contribution in [0.4, 0.5) is 5.69 Å². The number of carbonyl (C=O) groups excluding carboxylic acids is 1. The second-order valence-electron chi connectivity index (χ2n) is 4.29. The van der Waals surface area contributed by atoms with Crippen LogP contribution in [0.15, 0.2) is 18.2 Å². The van der Waals surface area contributed by atoms with E-state index in [1.54, 1.807) is 12.1 Å². The van der Waals surface area contributed by atoms with Gasteiger partial charge < -0.3 is 14.2 Å². The van der Waals surface area contributed by atoms with E-state index in [1.165, 1.54) is 13.2 Å². The van der Waals surface area contributed by atoms with Crippen molar-refractivity contribution in [3.63, 3.8) is 0 Å². The van der Waals surface area contributed by atoms with E-state index in [0.29, 0.717) is 18.8 Å². The van der Waals surface area contributed by atoms with E-state index in [1.807, 2.05) is 0 Å². The Morgan fingerprint density at radius 2 is 2.15 bits per heavy atom. The minimum atomic E-state index is -0.732. The molecular weight excluding hydrogens is 266 g/mol. The summed E-state index contributed by atoms with van der Waals surface area (Å²) in [6, 6.07) is 4.54. The van der Waals surface area contributed by atoms with E-state index in [-0.39, 0.29) is 17.7 Å². The van der Waals surface area contributed by atoms with Gasteiger partial charge in [-0.3, -0.25) is 10.1 Å². The number of nitro benzene ring substituents is 1. The maximum Gasteiger partial charge on any atom is 0.344 e. The van der Waals surface area contributed by atoms with Crippen molar-refractivity contribution >= 4 is 11.7 Å². The molecule has 0 spiro atoms. The monoisotopic (exact) mass is 281 g/mol. The number of hydrogen-bond donors (Lipinski definition) is 0. The highest BCUT2D eigenvalue weighted by molar-refractivity contribution is 5.94. The van der Waals surface area contributed by atoms with E-state index in [2.05, 4.69) is 4.74 Å². The van der Waals surface area contributed by atoms with Crippen LogP contribution < -0.4 is 0 Å². The number of hydrogen-bond acceptors (Lipinski definition) is 6. The number of rotatable bonds is 4. The van der Waals surface area contributed by atoms with Crippen molar-refractivity contribution in [3.05, 3.63) is 39.4 Å². The van der Waals surface area contributed by atoms with Crippen LogP contribution in [0.25, 0.3) is 0 Å². The van der Waals surface area contributed by atoms with Crippen molar-refractivity contribution in [2.75, 3.05) is 20.3 Å². The molecule has 1 aromatic carbocycles. The van der Waals surface area contributed by atoms with Crippen LogP contribution in [0.2, 0.25) is 0 Å². The third-order valence-corrected chi connectivity index (χ3v) is 2.99. The van der Waals surface area contributed by atoms with Gasteiger partial charge in [0, 0.05) is 12.0 Å². The maximum absolute atomic E-state index is 11.6. The predicted molar refractivity (Wildman–Crippen MR) is 68.4 cm³/mol. The lowest BCUT2D eigenvalue weighted by molar-refractivity contribution is -0.386. The lowest BCUT2D eigenvalue weighted by atomic mass is 10.0. The van der Waals surface area contributed by atoms with Crippen molar-refractivity contribution in [3.8, 4) is 0 Å². The Hall–Kier alpha value is -1.99. The normalized spacial score (nSPS) is 15.8. The third-order valence-electron chi connectivity index (χ3n) is 2.99. The molecule has 7 nitrogen and oxygen atoms in total. The zero-order valence-corrected chi connectivity index (χ0v) is 11.0. The molecule has 0 aromatic heterocycles. The third kappa shape index (κ3) is 3.12. The lowest BCUT2D eigenvalue weighted by Gasteiger charge is -2.23. The first-order chi connectivity index (χ1) is 9.63. The second kappa shape index (κ2) is 6.44. The molecule has 2 rings (SSSR count). The average Bonchev–Trinajstić information content (AvgIpc) is 2.47. The number of methoxy groups -OCH3 is 1. The number of ether oxygens (including phenoxy) is 3. The van der Waals surface area contributed by atoms with Gasteiger partial charge in [-0.15, -0.1) is 0 Å². The summed E-state index contributed by atoms with van der Waals surface area (Å²) in [7, 11) is 1.19.